The van der Waals surface area contributed by atoms with E-state index in [0.717, 1.165) is 17.4 Å². The smallest absolute Gasteiger partial charge is 0.355 e. The molecule has 1 amide bonds. The van der Waals surface area contributed by atoms with Crippen molar-refractivity contribution in [2.24, 2.45) is 0 Å². The van der Waals surface area contributed by atoms with Crippen LogP contribution in [0.25, 0.3) is 0 Å². The number of aryl methyl sites for hydroxylation is 1. The summed E-state index contributed by atoms with van der Waals surface area (Å²) in [4.78, 5) is 26.0. The minimum Gasteiger partial charge on any atom is -0.476 e. The van der Waals surface area contributed by atoms with E-state index in [0.29, 0.717) is 0 Å². The summed E-state index contributed by atoms with van der Waals surface area (Å²) in [6.07, 6.45) is 0. The van der Waals surface area contributed by atoms with Crippen molar-refractivity contribution in [3.63, 3.8) is 0 Å². The highest BCUT2D eigenvalue weighted by atomic mass is 32.1. The van der Waals surface area contributed by atoms with Crippen molar-refractivity contribution in [2.75, 3.05) is 5.32 Å². The summed E-state index contributed by atoms with van der Waals surface area (Å²) in [6, 6.07) is 2.27. The lowest BCUT2D eigenvalue weighted by atomic mass is 10.2. The molecular weight excluding hydrogens is 290 g/mol. The first-order valence-corrected chi connectivity index (χ1v) is 6.23. The molecule has 5 nitrogen and oxygen atoms in total. The molecule has 0 fully saturated rings. The van der Waals surface area contributed by atoms with Gasteiger partial charge in [0.05, 0.1) is 0 Å². The van der Waals surface area contributed by atoms with Crippen LogP contribution in [0.3, 0.4) is 0 Å². The summed E-state index contributed by atoms with van der Waals surface area (Å²) < 4.78 is 27.2. The third kappa shape index (κ3) is 2.64. The van der Waals surface area contributed by atoms with Gasteiger partial charge in [0.2, 0.25) is 0 Å². The maximum Gasteiger partial charge on any atom is 0.355 e. The quantitative estimate of drug-likeness (QED) is 0.913. The Morgan fingerprint density at radius 3 is 2.65 bits per heavy atom. The predicted octanol–water partition coefficient (Wildman–Crippen LogP) is 2.68. The van der Waals surface area contributed by atoms with E-state index in [9.17, 15) is 18.4 Å². The number of carboxylic acids is 1. The van der Waals surface area contributed by atoms with Gasteiger partial charge in [-0.1, -0.05) is 6.07 Å². The second-order valence-electron chi connectivity index (χ2n) is 3.85. The number of rotatable bonds is 3. The number of hydrogen-bond donors (Lipinski definition) is 2. The zero-order valence-electron chi connectivity index (χ0n) is 10.1. The van der Waals surface area contributed by atoms with E-state index < -0.39 is 29.2 Å². The number of benzene rings is 1. The standard InChI is InChI=1S/C12H8F2N2O3S/c1-5-2-3-6(13)9(8(5)14)16-10(17)11-15-7(4-20-11)12(18)19/h2-4H,1H3,(H,16,17)(H,18,19). The fourth-order valence-electron chi connectivity index (χ4n) is 1.41. The van der Waals surface area contributed by atoms with Crippen molar-refractivity contribution in [2.45, 2.75) is 6.92 Å². The van der Waals surface area contributed by atoms with Gasteiger partial charge in [-0.05, 0) is 18.6 Å². The van der Waals surface area contributed by atoms with Crippen LogP contribution in [0.4, 0.5) is 14.5 Å². The van der Waals surface area contributed by atoms with E-state index in [2.05, 4.69) is 10.3 Å². The number of carbonyl (C=O) groups is 2. The topological polar surface area (TPSA) is 79.3 Å². The number of amides is 1. The normalized spacial score (nSPS) is 10.3. The second-order valence-corrected chi connectivity index (χ2v) is 4.71. The summed E-state index contributed by atoms with van der Waals surface area (Å²) in [5.74, 6) is -3.95. The van der Waals surface area contributed by atoms with Gasteiger partial charge in [-0.2, -0.15) is 0 Å². The Morgan fingerprint density at radius 1 is 1.35 bits per heavy atom. The largest absolute Gasteiger partial charge is 0.476 e. The highest BCUT2D eigenvalue weighted by Gasteiger charge is 2.19. The lowest BCUT2D eigenvalue weighted by Crippen LogP contribution is -2.15. The Kier molecular flexibility index (Phi) is 3.75. The van der Waals surface area contributed by atoms with Gasteiger partial charge in [0.1, 0.15) is 11.5 Å². The Bertz CT molecular complexity index is 700. The molecule has 0 saturated carbocycles. The number of halogens is 2. The van der Waals surface area contributed by atoms with Crippen LogP contribution in [-0.2, 0) is 0 Å². The highest BCUT2D eigenvalue weighted by Crippen LogP contribution is 2.22. The van der Waals surface area contributed by atoms with E-state index in [1.54, 1.807) is 0 Å². The summed E-state index contributed by atoms with van der Waals surface area (Å²) in [5.41, 5.74) is -0.709. The van der Waals surface area contributed by atoms with Crippen molar-refractivity contribution >= 4 is 28.9 Å². The third-order valence-electron chi connectivity index (χ3n) is 2.44. The van der Waals surface area contributed by atoms with Crippen molar-refractivity contribution in [1.82, 2.24) is 4.98 Å². The van der Waals surface area contributed by atoms with Gasteiger partial charge >= 0.3 is 5.97 Å². The number of carbonyl (C=O) groups excluding carboxylic acids is 1. The average Bonchev–Trinajstić information content (AvgIpc) is 2.89. The first kappa shape index (κ1) is 14.1. The maximum absolute atomic E-state index is 13.7. The Hall–Kier alpha value is -2.35. The summed E-state index contributed by atoms with van der Waals surface area (Å²) in [6.45, 7) is 1.43. The van der Waals surface area contributed by atoms with Crippen LogP contribution in [0, 0.1) is 18.6 Å². The lowest BCUT2D eigenvalue weighted by molar-refractivity contribution is 0.0691. The zero-order chi connectivity index (χ0) is 14.9. The summed E-state index contributed by atoms with van der Waals surface area (Å²) in [7, 11) is 0. The molecule has 0 aliphatic carbocycles. The molecule has 8 heteroatoms. The van der Waals surface area contributed by atoms with Crippen LogP contribution in [0.2, 0.25) is 0 Å². The molecule has 1 heterocycles. The number of nitrogens with zero attached hydrogens (tertiary/aromatic N) is 1. The molecule has 2 aromatic rings. The minimum absolute atomic E-state index is 0.173. The Morgan fingerprint density at radius 2 is 2.05 bits per heavy atom. The molecule has 104 valence electrons. The van der Waals surface area contributed by atoms with E-state index in [4.69, 9.17) is 5.11 Å². The number of nitrogens with one attached hydrogen (secondary N) is 1. The van der Waals surface area contributed by atoms with Gasteiger partial charge in [-0.3, -0.25) is 4.79 Å². The van der Waals surface area contributed by atoms with Crippen molar-refractivity contribution in [1.29, 1.82) is 0 Å². The molecular formula is C12H8F2N2O3S. The van der Waals surface area contributed by atoms with Gasteiger partial charge in [-0.25, -0.2) is 18.6 Å². The molecule has 0 saturated heterocycles. The molecule has 0 bridgehead atoms. The van der Waals surface area contributed by atoms with E-state index in [-0.39, 0.29) is 16.3 Å². The van der Waals surface area contributed by atoms with Crippen molar-refractivity contribution in [3.05, 3.63) is 45.4 Å². The first-order chi connectivity index (χ1) is 9.40. The Balaban J connectivity index is 2.28. The number of anilines is 1. The Labute approximate surface area is 115 Å². The number of thiazole rings is 1. The van der Waals surface area contributed by atoms with Gasteiger partial charge < -0.3 is 10.4 Å². The average molecular weight is 298 g/mol. The molecule has 0 atom stereocenters. The van der Waals surface area contributed by atoms with Gasteiger partial charge in [-0.15, -0.1) is 11.3 Å². The van der Waals surface area contributed by atoms with Crippen LogP contribution in [0.1, 0.15) is 25.9 Å². The van der Waals surface area contributed by atoms with Gasteiger partial charge in [0, 0.05) is 5.38 Å². The van der Waals surface area contributed by atoms with Gasteiger partial charge in [0.25, 0.3) is 5.91 Å². The van der Waals surface area contributed by atoms with E-state index in [1.807, 2.05) is 0 Å². The molecule has 0 radical (unpaired) electrons. The summed E-state index contributed by atoms with van der Waals surface area (Å²) >= 11 is 0.772. The van der Waals surface area contributed by atoms with Crippen LogP contribution in [-0.4, -0.2) is 22.0 Å². The lowest BCUT2D eigenvalue weighted by Gasteiger charge is -2.07. The van der Waals surface area contributed by atoms with Gasteiger partial charge in [0.15, 0.2) is 16.5 Å². The minimum atomic E-state index is -1.28. The van der Waals surface area contributed by atoms with Crippen LogP contribution in [0.5, 0.6) is 0 Å². The molecule has 0 spiro atoms. The third-order valence-corrected chi connectivity index (χ3v) is 3.28. The molecule has 0 aliphatic heterocycles. The number of hydrogen-bond acceptors (Lipinski definition) is 4. The monoisotopic (exact) mass is 298 g/mol. The van der Waals surface area contributed by atoms with Crippen molar-refractivity contribution < 1.29 is 23.5 Å². The van der Waals surface area contributed by atoms with Crippen LogP contribution in [0.15, 0.2) is 17.5 Å². The second kappa shape index (κ2) is 5.33. The molecule has 20 heavy (non-hydrogen) atoms. The number of aromatic carboxylic acids is 1. The number of aromatic nitrogens is 1. The zero-order valence-corrected chi connectivity index (χ0v) is 10.9. The fraction of sp³-hybridized carbons (Fsp3) is 0.0833. The van der Waals surface area contributed by atoms with E-state index >= 15 is 0 Å². The fourth-order valence-corrected chi connectivity index (χ4v) is 2.10. The SMILES string of the molecule is Cc1ccc(F)c(NC(=O)c2nc(C(=O)O)cs2)c1F. The molecule has 1 aromatic heterocycles. The molecule has 0 aliphatic rings. The summed E-state index contributed by atoms with van der Waals surface area (Å²) in [5, 5.41) is 11.7. The predicted molar refractivity (Wildman–Crippen MR) is 68.1 cm³/mol. The molecule has 0 unspecified atom stereocenters. The maximum atomic E-state index is 13.7. The molecule has 1 aromatic carbocycles. The highest BCUT2D eigenvalue weighted by molar-refractivity contribution is 7.12. The number of carboxylic acid groups (broad SMARTS) is 1. The molecule has 2 rings (SSSR count). The van der Waals surface area contributed by atoms with Crippen LogP contribution >= 0.6 is 11.3 Å². The van der Waals surface area contributed by atoms with E-state index in [1.165, 1.54) is 18.4 Å². The first-order valence-electron chi connectivity index (χ1n) is 5.35. The molecule has 2 N–H and O–H groups in total. The van der Waals surface area contributed by atoms with Crippen LogP contribution < -0.4 is 5.32 Å². The van der Waals surface area contributed by atoms with Crippen molar-refractivity contribution in [3.8, 4) is 0 Å².